The highest BCUT2D eigenvalue weighted by Gasteiger charge is 2.54. The standard InChI is InChI=1S/C29H37N5O3/c1-28(2,30)26(36)32-22(16-10-15-20-11-6-4-7-12-20)25(35)23-18-29(17-21-13-8-5-9-14-21)24(19-31-23)33-34(3)27(29)37/h4-9,11-14,22-23,31H,10,15-19,30H2,1-3H3,(H,32,36)/t22-,23?,29+/m1/s1. The molecule has 1 saturated heterocycles. The van der Waals surface area contributed by atoms with Crippen LogP contribution in [0.2, 0.25) is 0 Å². The van der Waals surface area contributed by atoms with Crippen LogP contribution >= 0.6 is 0 Å². The maximum atomic E-state index is 13.9. The zero-order valence-electron chi connectivity index (χ0n) is 21.9. The van der Waals surface area contributed by atoms with Gasteiger partial charge in [-0.25, -0.2) is 5.01 Å². The lowest BCUT2D eigenvalue weighted by molar-refractivity contribution is -0.137. The number of carbonyl (C=O) groups excluding carboxylic acids is 3. The Morgan fingerprint density at radius 3 is 2.38 bits per heavy atom. The van der Waals surface area contributed by atoms with E-state index in [4.69, 9.17) is 5.73 Å². The number of nitrogens with zero attached hydrogens (tertiary/aromatic N) is 2. The summed E-state index contributed by atoms with van der Waals surface area (Å²) in [6, 6.07) is 18.6. The van der Waals surface area contributed by atoms with E-state index >= 15 is 0 Å². The fraction of sp³-hybridized carbons (Fsp3) is 0.448. The number of rotatable bonds is 10. The molecule has 3 atom stereocenters. The normalized spacial score (nSPS) is 22.3. The van der Waals surface area contributed by atoms with Gasteiger partial charge in [0.05, 0.1) is 28.7 Å². The average molecular weight is 504 g/mol. The maximum absolute atomic E-state index is 13.9. The summed E-state index contributed by atoms with van der Waals surface area (Å²) in [6.07, 6.45) is 2.76. The minimum absolute atomic E-state index is 0.0987. The van der Waals surface area contributed by atoms with Gasteiger partial charge in [0.2, 0.25) is 5.91 Å². The molecule has 2 heterocycles. The topological polar surface area (TPSA) is 117 Å². The Kier molecular flexibility index (Phi) is 7.90. The average Bonchev–Trinajstić information content (AvgIpc) is 3.12. The van der Waals surface area contributed by atoms with Crippen LogP contribution in [0.15, 0.2) is 65.8 Å². The van der Waals surface area contributed by atoms with Gasteiger partial charge in [0.25, 0.3) is 5.91 Å². The highest BCUT2D eigenvalue weighted by atomic mass is 16.2. The summed E-state index contributed by atoms with van der Waals surface area (Å²) in [5, 5.41) is 12.1. The number of benzene rings is 2. The predicted molar refractivity (Wildman–Crippen MR) is 144 cm³/mol. The zero-order valence-corrected chi connectivity index (χ0v) is 21.9. The highest BCUT2D eigenvalue weighted by molar-refractivity contribution is 6.14. The van der Waals surface area contributed by atoms with Crippen LogP contribution in [0.4, 0.5) is 0 Å². The van der Waals surface area contributed by atoms with Crippen LogP contribution < -0.4 is 16.4 Å². The third-order valence-electron chi connectivity index (χ3n) is 7.32. The van der Waals surface area contributed by atoms with Crippen molar-refractivity contribution in [2.24, 2.45) is 16.3 Å². The Morgan fingerprint density at radius 2 is 1.76 bits per heavy atom. The van der Waals surface area contributed by atoms with Gasteiger partial charge in [0.1, 0.15) is 0 Å². The van der Waals surface area contributed by atoms with Gasteiger partial charge in [-0.2, -0.15) is 5.10 Å². The summed E-state index contributed by atoms with van der Waals surface area (Å²) in [5.74, 6) is -0.600. The lowest BCUT2D eigenvalue weighted by atomic mass is 9.69. The summed E-state index contributed by atoms with van der Waals surface area (Å²) in [4.78, 5) is 40.1. The van der Waals surface area contributed by atoms with Gasteiger partial charge in [0, 0.05) is 13.6 Å². The van der Waals surface area contributed by atoms with Crippen molar-refractivity contribution in [3.8, 4) is 0 Å². The van der Waals surface area contributed by atoms with E-state index in [9.17, 15) is 14.4 Å². The first kappa shape index (κ1) is 26.7. The quantitative estimate of drug-likeness (QED) is 0.460. The van der Waals surface area contributed by atoms with E-state index in [1.807, 2.05) is 48.5 Å². The minimum atomic E-state index is -1.11. The van der Waals surface area contributed by atoms with E-state index in [-0.39, 0.29) is 17.6 Å². The first-order valence-electron chi connectivity index (χ1n) is 12.9. The van der Waals surface area contributed by atoms with Crippen LogP contribution in [0.3, 0.4) is 0 Å². The number of ketones is 1. The number of hydrazone groups is 1. The van der Waals surface area contributed by atoms with Crippen LogP contribution in [0.25, 0.3) is 0 Å². The summed E-state index contributed by atoms with van der Waals surface area (Å²) in [6.45, 7) is 3.58. The summed E-state index contributed by atoms with van der Waals surface area (Å²) >= 11 is 0. The van der Waals surface area contributed by atoms with E-state index in [1.54, 1.807) is 20.9 Å². The second-order valence-electron chi connectivity index (χ2n) is 10.8. The van der Waals surface area contributed by atoms with Gasteiger partial charge >= 0.3 is 0 Å². The molecular formula is C29H37N5O3. The van der Waals surface area contributed by atoms with Crippen molar-refractivity contribution in [2.45, 2.75) is 63.6 Å². The molecule has 0 spiro atoms. The maximum Gasteiger partial charge on any atom is 0.254 e. The molecule has 2 aliphatic heterocycles. The van der Waals surface area contributed by atoms with Crippen molar-refractivity contribution in [3.63, 3.8) is 0 Å². The molecule has 2 aliphatic rings. The third kappa shape index (κ3) is 5.97. The molecule has 2 aromatic carbocycles. The van der Waals surface area contributed by atoms with E-state index in [0.29, 0.717) is 25.8 Å². The van der Waals surface area contributed by atoms with Crippen LogP contribution in [0.1, 0.15) is 44.2 Å². The van der Waals surface area contributed by atoms with Gasteiger partial charge < -0.3 is 16.4 Å². The summed E-state index contributed by atoms with van der Waals surface area (Å²) < 4.78 is 0. The Morgan fingerprint density at radius 1 is 1.14 bits per heavy atom. The first-order chi connectivity index (χ1) is 17.6. The number of nitrogens with two attached hydrogens (primary N) is 1. The summed E-state index contributed by atoms with van der Waals surface area (Å²) in [5.41, 5.74) is 6.98. The number of hydrogen-bond acceptors (Lipinski definition) is 6. The molecule has 0 bridgehead atoms. The number of aryl methyl sites for hydroxylation is 1. The molecule has 1 fully saturated rings. The van der Waals surface area contributed by atoms with Crippen molar-refractivity contribution < 1.29 is 14.4 Å². The SMILES string of the molecule is CN1N=C2CNC(C(=O)[C@@H](CCCc3ccccc3)NC(=O)C(C)(C)N)C[C@]2(Cc2ccccc2)C1=O. The van der Waals surface area contributed by atoms with E-state index in [1.165, 1.54) is 10.6 Å². The number of carbonyl (C=O) groups is 3. The van der Waals surface area contributed by atoms with Crippen LogP contribution in [0.5, 0.6) is 0 Å². The van der Waals surface area contributed by atoms with Gasteiger partial charge in [-0.15, -0.1) is 0 Å². The molecule has 0 aliphatic carbocycles. The first-order valence-corrected chi connectivity index (χ1v) is 12.9. The van der Waals surface area contributed by atoms with E-state index in [2.05, 4.69) is 27.9 Å². The molecule has 37 heavy (non-hydrogen) atoms. The molecule has 0 radical (unpaired) electrons. The monoisotopic (exact) mass is 503 g/mol. The van der Waals surface area contributed by atoms with E-state index in [0.717, 1.165) is 24.1 Å². The van der Waals surface area contributed by atoms with Gasteiger partial charge in [0.15, 0.2) is 5.78 Å². The number of amides is 2. The second kappa shape index (κ2) is 10.9. The van der Waals surface area contributed by atoms with Crippen LogP contribution in [0, 0.1) is 5.41 Å². The third-order valence-corrected chi connectivity index (χ3v) is 7.32. The molecule has 1 unspecified atom stereocenters. The molecular weight excluding hydrogens is 466 g/mol. The summed E-state index contributed by atoms with van der Waals surface area (Å²) in [7, 11) is 1.66. The molecule has 2 aromatic rings. The Labute approximate surface area is 218 Å². The smallest absolute Gasteiger partial charge is 0.254 e. The van der Waals surface area contributed by atoms with Crippen molar-refractivity contribution in [1.29, 1.82) is 0 Å². The Hall–Kier alpha value is -3.36. The predicted octanol–water partition coefficient (Wildman–Crippen LogP) is 2.22. The fourth-order valence-corrected chi connectivity index (χ4v) is 5.23. The second-order valence-corrected chi connectivity index (χ2v) is 10.8. The molecule has 4 N–H and O–H groups in total. The number of nitrogens with one attached hydrogen (secondary N) is 2. The van der Waals surface area contributed by atoms with Crippen molar-refractivity contribution >= 4 is 23.3 Å². The molecule has 8 heteroatoms. The molecule has 4 rings (SSSR count). The molecule has 2 amide bonds. The fourth-order valence-electron chi connectivity index (χ4n) is 5.23. The number of Topliss-reactive ketones (excluding diaryl/α,β-unsaturated/α-hetero) is 1. The Bertz CT molecular complexity index is 1160. The lowest BCUT2D eigenvalue weighted by Crippen LogP contribution is -2.61. The zero-order chi connectivity index (χ0) is 26.6. The molecule has 8 nitrogen and oxygen atoms in total. The minimum Gasteiger partial charge on any atom is -0.345 e. The van der Waals surface area contributed by atoms with Crippen molar-refractivity contribution in [1.82, 2.24) is 15.6 Å². The molecule has 0 saturated carbocycles. The lowest BCUT2D eigenvalue weighted by Gasteiger charge is -2.38. The number of hydrogen-bond donors (Lipinski definition) is 3. The highest BCUT2D eigenvalue weighted by Crippen LogP contribution is 2.39. The molecule has 196 valence electrons. The molecule has 0 aromatic heterocycles. The number of fused-ring (bicyclic) bond motifs is 1. The van der Waals surface area contributed by atoms with Crippen LogP contribution in [-0.4, -0.2) is 59.5 Å². The van der Waals surface area contributed by atoms with Crippen LogP contribution in [-0.2, 0) is 27.2 Å². The largest absolute Gasteiger partial charge is 0.345 e. The van der Waals surface area contributed by atoms with Crippen molar-refractivity contribution in [3.05, 3.63) is 71.8 Å². The van der Waals surface area contributed by atoms with Gasteiger partial charge in [-0.1, -0.05) is 60.7 Å². The van der Waals surface area contributed by atoms with Gasteiger partial charge in [-0.05, 0) is 57.1 Å². The Balaban J connectivity index is 1.54. The number of piperidine rings is 1. The van der Waals surface area contributed by atoms with E-state index < -0.39 is 23.0 Å². The van der Waals surface area contributed by atoms with Gasteiger partial charge in [-0.3, -0.25) is 14.4 Å². The van der Waals surface area contributed by atoms with Crippen molar-refractivity contribution in [2.75, 3.05) is 13.6 Å².